The molecule has 1 aromatic rings. The molecule has 0 bridgehead atoms. The molecule has 2 fully saturated rings. The second-order valence-electron chi connectivity index (χ2n) is 6.06. The first-order chi connectivity index (χ1) is 11.6. The van der Waals surface area contributed by atoms with Gasteiger partial charge in [-0.05, 0) is 30.2 Å². The van der Waals surface area contributed by atoms with E-state index in [2.05, 4.69) is 4.98 Å². The summed E-state index contributed by atoms with van der Waals surface area (Å²) < 4.78 is 0. The summed E-state index contributed by atoms with van der Waals surface area (Å²) in [7, 11) is 0. The SMILES string of the molecule is O=CN1CCC2C(/C=C/c3ccccn3)=C(C(=O)[O-])N3C(=O)[C@@H]1[C@@H]23.[Na+]. The Morgan fingerprint density at radius 1 is 1.32 bits per heavy atom. The Morgan fingerprint density at radius 2 is 2.12 bits per heavy atom. The first-order valence-corrected chi connectivity index (χ1v) is 7.72. The van der Waals surface area contributed by atoms with Crippen LogP contribution in [0, 0.1) is 5.92 Å². The molecule has 0 radical (unpaired) electrons. The summed E-state index contributed by atoms with van der Waals surface area (Å²) in [6, 6.07) is 4.58. The van der Waals surface area contributed by atoms with Crippen LogP contribution in [0.3, 0.4) is 0 Å². The summed E-state index contributed by atoms with van der Waals surface area (Å²) in [6.07, 6.45) is 6.36. The van der Waals surface area contributed by atoms with Gasteiger partial charge in [-0.15, -0.1) is 0 Å². The Bertz CT molecular complexity index is 792. The normalized spacial score (nSPS) is 27.0. The Balaban J connectivity index is 0.00000182. The van der Waals surface area contributed by atoms with Gasteiger partial charge < -0.3 is 19.7 Å². The summed E-state index contributed by atoms with van der Waals surface area (Å²) in [5, 5.41) is 11.6. The third-order valence-electron chi connectivity index (χ3n) is 4.94. The molecule has 25 heavy (non-hydrogen) atoms. The first kappa shape index (κ1) is 17.8. The van der Waals surface area contributed by atoms with Crippen LogP contribution in [-0.2, 0) is 14.4 Å². The van der Waals surface area contributed by atoms with E-state index in [-0.39, 0.29) is 53.1 Å². The molecule has 1 unspecified atom stereocenters. The van der Waals surface area contributed by atoms with E-state index in [4.69, 9.17) is 0 Å². The zero-order chi connectivity index (χ0) is 16.8. The Hall–Kier alpha value is -1.96. The quantitative estimate of drug-likeness (QED) is 0.316. The number of aliphatic carboxylic acids is 1. The third-order valence-corrected chi connectivity index (χ3v) is 4.94. The Morgan fingerprint density at radius 3 is 2.76 bits per heavy atom. The molecular weight excluding hydrogens is 333 g/mol. The van der Waals surface area contributed by atoms with E-state index in [1.807, 2.05) is 12.1 Å². The molecule has 0 saturated carbocycles. The number of likely N-dealkylation sites (tertiary alicyclic amines) is 1. The van der Waals surface area contributed by atoms with Crippen LogP contribution >= 0.6 is 0 Å². The minimum absolute atomic E-state index is 0. The molecule has 0 aliphatic carbocycles. The minimum Gasteiger partial charge on any atom is -0.543 e. The van der Waals surface area contributed by atoms with Crippen molar-refractivity contribution in [1.29, 1.82) is 0 Å². The minimum atomic E-state index is -1.37. The second kappa shape index (κ2) is 6.74. The number of carbonyl (C=O) groups is 3. The van der Waals surface area contributed by atoms with Crippen molar-refractivity contribution in [3.8, 4) is 0 Å². The maximum atomic E-state index is 12.3. The number of amides is 2. The van der Waals surface area contributed by atoms with Gasteiger partial charge in [0.2, 0.25) is 6.41 Å². The number of β-lactam (4-membered cyclic amide) rings is 1. The number of carboxylic acid groups (broad SMARTS) is 1. The zero-order valence-corrected chi connectivity index (χ0v) is 15.7. The predicted octanol–water partition coefficient (Wildman–Crippen LogP) is -3.83. The third kappa shape index (κ3) is 2.63. The summed E-state index contributed by atoms with van der Waals surface area (Å²) in [4.78, 5) is 42.0. The molecule has 1 aromatic heterocycles. The van der Waals surface area contributed by atoms with E-state index >= 15 is 0 Å². The predicted molar refractivity (Wildman–Crippen MR) is 80.6 cm³/mol. The number of allylic oxidation sites excluding steroid dienone is 1. The number of piperidine rings is 1. The molecule has 122 valence electrons. The van der Waals surface area contributed by atoms with Crippen LogP contribution in [0.2, 0.25) is 0 Å². The number of rotatable bonds is 4. The van der Waals surface area contributed by atoms with E-state index < -0.39 is 12.0 Å². The van der Waals surface area contributed by atoms with Crippen molar-refractivity contribution >= 4 is 24.4 Å². The van der Waals surface area contributed by atoms with Gasteiger partial charge in [0.05, 0.1) is 23.4 Å². The van der Waals surface area contributed by atoms with Crippen LogP contribution in [0.15, 0.2) is 41.7 Å². The maximum Gasteiger partial charge on any atom is 1.00 e. The zero-order valence-electron chi connectivity index (χ0n) is 13.7. The molecule has 3 aliphatic rings. The standard InChI is InChI=1S/C17H15N3O4.Na/c21-9-19-8-6-12-11(5-4-10-3-1-2-7-18-10)14(17(23)24)20-13(12)15(19)16(20)22;/h1-5,7,9,12-13,15H,6,8H2,(H,23,24);/q;+1/p-1/b5-4+;/t12?,13-,15+;/m1./s1. The van der Waals surface area contributed by atoms with Crippen molar-refractivity contribution in [1.82, 2.24) is 14.8 Å². The fraction of sp³-hybridized carbons (Fsp3) is 0.294. The summed E-state index contributed by atoms with van der Waals surface area (Å²) in [5.74, 6) is -1.82. The van der Waals surface area contributed by atoms with Crippen molar-refractivity contribution in [3.63, 3.8) is 0 Å². The fourth-order valence-corrected chi connectivity index (χ4v) is 3.93. The molecule has 3 aliphatic heterocycles. The Labute approximate surface area is 166 Å². The molecule has 7 nitrogen and oxygen atoms in total. The fourth-order valence-electron chi connectivity index (χ4n) is 3.93. The number of carbonyl (C=O) groups excluding carboxylic acids is 3. The second-order valence-corrected chi connectivity index (χ2v) is 6.06. The van der Waals surface area contributed by atoms with E-state index in [0.29, 0.717) is 30.6 Å². The van der Waals surface area contributed by atoms with Crippen LogP contribution in [0.5, 0.6) is 0 Å². The van der Waals surface area contributed by atoms with Gasteiger partial charge in [-0.25, -0.2) is 0 Å². The number of pyridine rings is 1. The van der Waals surface area contributed by atoms with E-state index in [0.717, 1.165) is 0 Å². The number of hydrogen-bond acceptors (Lipinski definition) is 5. The summed E-state index contributed by atoms with van der Waals surface area (Å²) >= 11 is 0. The molecule has 0 aromatic carbocycles. The monoisotopic (exact) mass is 347 g/mol. The van der Waals surface area contributed by atoms with Crippen molar-refractivity contribution in [2.75, 3.05) is 6.54 Å². The Kier molecular flexibility index (Phi) is 4.81. The molecule has 2 amide bonds. The maximum absolute atomic E-state index is 12.3. The van der Waals surface area contributed by atoms with Crippen molar-refractivity contribution in [2.24, 2.45) is 5.92 Å². The van der Waals surface area contributed by atoms with Gasteiger partial charge in [0, 0.05) is 18.7 Å². The number of hydrogen-bond donors (Lipinski definition) is 0. The largest absolute Gasteiger partial charge is 1.00 e. The van der Waals surface area contributed by atoms with Gasteiger partial charge in [0.15, 0.2) is 0 Å². The number of carboxylic acids is 1. The van der Waals surface area contributed by atoms with E-state index in [9.17, 15) is 19.5 Å². The van der Waals surface area contributed by atoms with Gasteiger partial charge in [-0.1, -0.05) is 12.1 Å². The van der Waals surface area contributed by atoms with Crippen LogP contribution in [0.25, 0.3) is 6.08 Å². The van der Waals surface area contributed by atoms with Gasteiger partial charge >= 0.3 is 29.6 Å². The van der Waals surface area contributed by atoms with Gasteiger partial charge in [-0.2, -0.15) is 0 Å². The van der Waals surface area contributed by atoms with Crippen LogP contribution in [-0.4, -0.2) is 51.7 Å². The molecule has 0 spiro atoms. The molecule has 3 atom stereocenters. The molecule has 0 N–H and O–H groups in total. The molecular formula is C17H14N3NaO4. The van der Waals surface area contributed by atoms with Gasteiger partial charge in [0.25, 0.3) is 5.91 Å². The van der Waals surface area contributed by atoms with Crippen LogP contribution in [0.1, 0.15) is 12.1 Å². The molecule has 8 heteroatoms. The van der Waals surface area contributed by atoms with Crippen LogP contribution < -0.4 is 34.7 Å². The number of nitrogens with zero attached hydrogens (tertiary/aromatic N) is 3. The van der Waals surface area contributed by atoms with Gasteiger partial charge in [-0.3, -0.25) is 14.6 Å². The van der Waals surface area contributed by atoms with Crippen molar-refractivity contribution in [2.45, 2.75) is 18.5 Å². The van der Waals surface area contributed by atoms with Crippen molar-refractivity contribution in [3.05, 3.63) is 47.4 Å². The smallest absolute Gasteiger partial charge is 0.543 e. The van der Waals surface area contributed by atoms with Crippen molar-refractivity contribution < 1.29 is 49.0 Å². The topological polar surface area (TPSA) is 93.6 Å². The van der Waals surface area contributed by atoms with E-state index in [1.54, 1.807) is 24.4 Å². The average Bonchev–Trinajstić information content (AvgIpc) is 2.92. The molecule has 4 heterocycles. The average molecular weight is 347 g/mol. The summed E-state index contributed by atoms with van der Waals surface area (Å²) in [6.45, 7) is 0.441. The van der Waals surface area contributed by atoms with Gasteiger partial charge in [0.1, 0.15) is 6.04 Å². The number of aromatic nitrogens is 1. The molecule has 4 rings (SSSR count). The van der Waals surface area contributed by atoms with Crippen LogP contribution in [0.4, 0.5) is 0 Å². The first-order valence-electron chi connectivity index (χ1n) is 7.72. The summed E-state index contributed by atoms with van der Waals surface area (Å²) in [5.41, 5.74) is 1.20. The molecule has 2 saturated heterocycles. The van der Waals surface area contributed by atoms with E-state index in [1.165, 1.54) is 9.80 Å².